The highest BCUT2D eigenvalue weighted by atomic mass is 32.2. The molecule has 1 fully saturated rings. The van der Waals surface area contributed by atoms with E-state index >= 15 is 0 Å². The third-order valence-electron chi connectivity index (χ3n) is 2.76. The quantitative estimate of drug-likeness (QED) is 0.652. The fourth-order valence-electron chi connectivity index (χ4n) is 1.75. The molecule has 1 aromatic rings. The summed E-state index contributed by atoms with van der Waals surface area (Å²) in [5.74, 6) is 0.683. The summed E-state index contributed by atoms with van der Waals surface area (Å²) in [6, 6.07) is -1.05. The third kappa shape index (κ3) is 3.60. The molecule has 2 rings (SSSR count). The minimum absolute atomic E-state index is 0.324. The summed E-state index contributed by atoms with van der Waals surface area (Å²) < 4.78 is 0. The monoisotopic (exact) mass is 285 g/mol. The highest BCUT2D eigenvalue weighted by molar-refractivity contribution is 7.99. The first-order valence-corrected chi connectivity index (χ1v) is 7.03. The van der Waals surface area contributed by atoms with Crippen LogP contribution in [-0.4, -0.2) is 61.4 Å². The molecule has 1 atom stereocenters. The molecule has 0 unspecified atom stereocenters. The smallest absolute Gasteiger partial charge is 0.327 e. The van der Waals surface area contributed by atoms with Crippen molar-refractivity contribution >= 4 is 23.8 Å². The van der Waals surface area contributed by atoms with E-state index in [0.29, 0.717) is 24.6 Å². The molecule has 1 aliphatic rings. The maximum absolute atomic E-state index is 11.8. The van der Waals surface area contributed by atoms with Gasteiger partial charge in [0.1, 0.15) is 18.2 Å². The Morgan fingerprint density at radius 3 is 3.16 bits per heavy atom. The summed E-state index contributed by atoms with van der Waals surface area (Å²) in [5.41, 5.74) is 0. The topological polar surface area (TPSA) is 111 Å². The summed E-state index contributed by atoms with van der Waals surface area (Å²) in [7, 11) is 0. The fourth-order valence-corrected chi connectivity index (χ4v) is 2.90. The number of hydrogen-bond donors (Lipinski definition) is 3. The molecule has 0 spiro atoms. The van der Waals surface area contributed by atoms with Gasteiger partial charge in [0, 0.05) is 18.7 Å². The van der Waals surface area contributed by atoms with Crippen LogP contribution in [0.3, 0.4) is 0 Å². The van der Waals surface area contributed by atoms with E-state index in [2.05, 4.69) is 20.5 Å². The number of amides is 2. The molecule has 1 saturated heterocycles. The standard InChI is InChI=1S/C10H15N5O3S/c16-9(17)7-4-19-6-15(7)10(18)11-3-1-2-8-12-5-13-14-8/h5,7H,1-4,6H2,(H,11,18)(H,16,17)(H,12,13,14)/t7-/m0/s1. The van der Waals surface area contributed by atoms with Crippen molar-refractivity contribution in [2.75, 3.05) is 18.2 Å². The number of aromatic nitrogens is 3. The molecule has 0 saturated carbocycles. The zero-order valence-electron chi connectivity index (χ0n) is 10.2. The Morgan fingerprint density at radius 1 is 1.63 bits per heavy atom. The van der Waals surface area contributed by atoms with Gasteiger partial charge in [-0.1, -0.05) is 0 Å². The lowest BCUT2D eigenvalue weighted by Crippen LogP contribution is -2.47. The van der Waals surface area contributed by atoms with Crippen LogP contribution in [0.5, 0.6) is 0 Å². The van der Waals surface area contributed by atoms with Crippen LogP contribution in [0.4, 0.5) is 4.79 Å². The van der Waals surface area contributed by atoms with Crippen LogP contribution >= 0.6 is 11.8 Å². The van der Waals surface area contributed by atoms with Gasteiger partial charge in [-0.3, -0.25) is 5.10 Å². The van der Waals surface area contributed by atoms with Crippen LogP contribution in [0.15, 0.2) is 6.33 Å². The Balaban J connectivity index is 1.70. The molecule has 0 bridgehead atoms. The number of aromatic amines is 1. The Bertz CT molecular complexity index is 438. The molecular weight excluding hydrogens is 270 g/mol. The molecule has 0 aromatic carbocycles. The van der Waals surface area contributed by atoms with Gasteiger partial charge in [0.25, 0.3) is 0 Å². The molecule has 19 heavy (non-hydrogen) atoms. The lowest BCUT2D eigenvalue weighted by atomic mass is 10.3. The predicted molar refractivity (Wildman–Crippen MR) is 68.7 cm³/mol. The molecule has 2 amide bonds. The summed E-state index contributed by atoms with van der Waals surface area (Å²) in [6.45, 7) is 0.479. The fraction of sp³-hybridized carbons (Fsp3) is 0.600. The SMILES string of the molecule is O=C(O)[C@@H]1CSCN1C(=O)NCCCc1ncn[nH]1. The van der Waals surface area contributed by atoms with Crippen molar-refractivity contribution in [3.05, 3.63) is 12.2 Å². The van der Waals surface area contributed by atoms with Crippen LogP contribution < -0.4 is 5.32 Å². The molecule has 0 radical (unpaired) electrons. The van der Waals surface area contributed by atoms with Gasteiger partial charge in [-0.05, 0) is 6.42 Å². The number of nitrogens with one attached hydrogen (secondary N) is 2. The second kappa shape index (κ2) is 6.41. The Hall–Kier alpha value is -1.77. The van der Waals surface area contributed by atoms with E-state index in [1.807, 2.05) is 0 Å². The van der Waals surface area contributed by atoms with Crippen molar-refractivity contribution in [2.24, 2.45) is 0 Å². The summed E-state index contributed by atoms with van der Waals surface area (Å²) in [5, 5.41) is 18.2. The van der Waals surface area contributed by atoms with Crippen molar-refractivity contribution in [3.8, 4) is 0 Å². The van der Waals surface area contributed by atoms with E-state index in [9.17, 15) is 9.59 Å². The number of rotatable bonds is 5. The van der Waals surface area contributed by atoms with E-state index in [1.165, 1.54) is 23.0 Å². The van der Waals surface area contributed by atoms with Crippen molar-refractivity contribution in [3.63, 3.8) is 0 Å². The normalized spacial score (nSPS) is 18.5. The van der Waals surface area contributed by atoms with Crippen LogP contribution in [0.1, 0.15) is 12.2 Å². The average molecular weight is 285 g/mol. The summed E-state index contributed by atoms with van der Waals surface area (Å²) >= 11 is 1.45. The van der Waals surface area contributed by atoms with Gasteiger partial charge >= 0.3 is 12.0 Å². The largest absolute Gasteiger partial charge is 0.480 e. The second-order valence-electron chi connectivity index (χ2n) is 4.09. The molecule has 8 nitrogen and oxygen atoms in total. The van der Waals surface area contributed by atoms with E-state index in [-0.39, 0.29) is 6.03 Å². The molecule has 1 aromatic heterocycles. The van der Waals surface area contributed by atoms with E-state index < -0.39 is 12.0 Å². The molecule has 9 heteroatoms. The Labute approximate surface area is 114 Å². The van der Waals surface area contributed by atoms with Gasteiger partial charge in [-0.15, -0.1) is 11.8 Å². The van der Waals surface area contributed by atoms with E-state index in [1.54, 1.807) is 0 Å². The molecule has 104 valence electrons. The number of H-pyrrole nitrogens is 1. The lowest BCUT2D eigenvalue weighted by molar-refractivity contribution is -0.140. The van der Waals surface area contributed by atoms with Crippen molar-refractivity contribution < 1.29 is 14.7 Å². The molecular formula is C10H15N5O3S. The number of carboxylic acids is 1. The molecule has 3 N–H and O–H groups in total. The zero-order valence-corrected chi connectivity index (χ0v) is 11.0. The Morgan fingerprint density at radius 2 is 2.47 bits per heavy atom. The number of thioether (sulfide) groups is 1. The van der Waals surface area contributed by atoms with Gasteiger partial charge < -0.3 is 15.3 Å². The number of nitrogens with zero attached hydrogens (tertiary/aromatic N) is 3. The van der Waals surface area contributed by atoms with Crippen molar-refractivity contribution in [1.82, 2.24) is 25.4 Å². The minimum Gasteiger partial charge on any atom is -0.480 e. The average Bonchev–Trinajstić information content (AvgIpc) is 3.04. The van der Waals surface area contributed by atoms with Crippen LogP contribution in [0.2, 0.25) is 0 Å². The van der Waals surface area contributed by atoms with Gasteiger partial charge in [-0.2, -0.15) is 5.10 Å². The first-order valence-electron chi connectivity index (χ1n) is 5.87. The number of aryl methyl sites for hydroxylation is 1. The van der Waals surface area contributed by atoms with E-state index in [4.69, 9.17) is 5.11 Å². The number of hydrogen-bond acceptors (Lipinski definition) is 5. The number of aliphatic carboxylic acids is 1. The number of carbonyl (C=O) groups excluding carboxylic acids is 1. The summed E-state index contributed by atoms with van der Waals surface area (Å²) in [6.07, 6.45) is 2.85. The maximum atomic E-state index is 11.8. The highest BCUT2D eigenvalue weighted by Crippen LogP contribution is 2.20. The van der Waals surface area contributed by atoms with Gasteiger partial charge in [0.15, 0.2) is 0 Å². The second-order valence-corrected chi connectivity index (χ2v) is 5.09. The molecule has 2 heterocycles. The summed E-state index contributed by atoms with van der Waals surface area (Å²) in [4.78, 5) is 28.1. The number of carboxylic acid groups (broad SMARTS) is 1. The van der Waals surface area contributed by atoms with Crippen LogP contribution in [0, 0.1) is 0 Å². The van der Waals surface area contributed by atoms with Crippen LogP contribution in [0.25, 0.3) is 0 Å². The first-order chi connectivity index (χ1) is 9.18. The van der Waals surface area contributed by atoms with Crippen molar-refractivity contribution in [1.29, 1.82) is 0 Å². The van der Waals surface area contributed by atoms with Gasteiger partial charge in [0.2, 0.25) is 0 Å². The predicted octanol–water partition coefficient (Wildman–Crippen LogP) is -0.0936. The zero-order chi connectivity index (χ0) is 13.7. The third-order valence-corrected chi connectivity index (χ3v) is 3.77. The molecule has 0 aliphatic carbocycles. The van der Waals surface area contributed by atoms with Gasteiger partial charge in [0.05, 0.1) is 5.88 Å². The minimum atomic E-state index is -0.957. The van der Waals surface area contributed by atoms with Gasteiger partial charge in [-0.25, -0.2) is 14.6 Å². The maximum Gasteiger partial charge on any atom is 0.327 e. The lowest BCUT2D eigenvalue weighted by Gasteiger charge is -2.20. The number of urea groups is 1. The van der Waals surface area contributed by atoms with Crippen molar-refractivity contribution in [2.45, 2.75) is 18.9 Å². The highest BCUT2D eigenvalue weighted by Gasteiger charge is 2.34. The van der Waals surface area contributed by atoms with Crippen LogP contribution in [-0.2, 0) is 11.2 Å². The number of carbonyl (C=O) groups is 2. The van der Waals surface area contributed by atoms with E-state index in [0.717, 1.165) is 12.2 Å². The Kier molecular flexibility index (Phi) is 4.61. The first kappa shape index (κ1) is 13.7. The molecule has 1 aliphatic heterocycles.